The highest BCUT2D eigenvalue weighted by molar-refractivity contribution is 5.76. The molecule has 1 fully saturated rings. The molecule has 1 unspecified atom stereocenters. The van der Waals surface area contributed by atoms with Gasteiger partial charge in [-0.15, -0.1) is 0 Å². The van der Waals surface area contributed by atoms with Gasteiger partial charge in [0.25, 0.3) is 0 Å². The fourth-order valence-electron chi connectivity index (χ4n) is 2.05. The van der Waals surface area contributed by atoms with E-state index < -0.39 is 0 Å². The maximum Gasteiger partial charge on any atom is 0.324 e. The van der Waals surface area contributed by atoms with Crippen LogP contribution >= 0.6 is 0 Å². The number of esters is 1. The number of anilines is 1. The number of hydrogen-bond acceptors (Lipinski definition) is 4. The molecule has 110 valence electrons. The Kier molecular flexibility index (Phi) is 4.95. The molecule has 1 aliphatic carbocycles. The summed E-state index contributed by atoms with van der Waals surface area (Å²) < 4.78 is 18.0. The number of halogens is 1. The molecule has 1 aromatic carbocycles. The number of nitrogens with zero attached hydrogens (tertiary/aromatic N) is 1. The number of carbonyl (C=O) groups is 1. The summed E-state index contributed by atoms with van der Waals surface area (Å²) in [6, 6.07) is 6.31. The Morgan fingerprint density at radius 3 is 2.65 bits per heavy atom. The number of rotatable bonds is 7. The molecule has 0 heterocycles. The van der Waals surface area contributed by atoms with Gasteiger partial charge >= 0.3 is 5.97 Å². The van der Waals surface area contributed by atoms with Gasteiger partial charge in [-0.1, -0.05) is 0 Å². The SMILES string of the molecule is CCOC(=O)C(CN(C)c1ccc(F)cc1)NC1CC1. The molecule has 0 saturated heterocycles. The number of likely N-dealkylation sites (N-methyl/N-ethyl adjacent to an activating group) is 1. The minimum Gasteiger partial charge on any atom is -0.465 e. The van der Waals surface area contributed by atoms with Crippen molar-refractivity contribution in [2.75, 3.05) is 25.1 Å². The first-order valence-corrected chi connectivity index (χ1v) is 6.99. The number of carbonyl (C=O) groups excluding carboxylic acids is 1. The molecule has 2 rings (SSSR count). The van der Waals surface area contributed by atoms with E-state index in [1.165, 1.54) is 12.1 Å². The number of benzene rings is 1. The van der Waals surface area contributed by atoms with Crippen LogP contribution in [0.4, 0.5) is 10.1 Å². The fraction of sp³-hybridized carbons (Fsp3) is 0.533. The summed E-state index contributed by atoms with van der Waals surface area (Å²) in [6.45, 7) is 2.68. The second-order valence-corrected chi connectivity index (χ2v) is 5.10. The molecule has 0 radical (unpaired) electrons. The number of nitrogens with one attached hydrogen (secondary N) is 1. The van der Waals surface area contributed by atoms with Crippen molar-refractivity contribution in [1.29, 1.82) is 0 Å². The van der Waals surface area contributed by atoms with E-state index in [4.69, 9.17) is 4.74 Å². The predicted molar refractivity (Wildman–Crippen MR) is 76.2 cm³/mol. The molecule has 1 aromatic rings. The zero-order valence-corrected chi connectivity index (χ0v) is 11.9. The summed E-state index contributed by atoms with van der Waals surface area (Å²) in [4.78, 5) is 13.9. The molecular formula is C15H21FN2O2. The van der Waals surface area contributed by atoms with E-state index in [2.05, 4.69) is 5.32 Å². The molecule has 1 N–H and O–H groups in total. The van der Waals surface area contributed by atoms with Crippen molar-refractivity contribution in [3.05, 3.63) is 30.1 Å². The number of hydrogen-bond donors (Lipinski definition) is 1. The zero-order chi connectivity index (χ0) is 14.5. The van der Waals surface area contributed by atoms with Crippen LogP contribution in [0.1, 0.15) is 19.8 Å². The van der Waals surface area contributed by atoms with Crippen molar-refractivity contribution >= 4 is 11.7 Å². The van der Waals surface area contributed by atoms with Crippen LogP contribution in [0.25, 0.3) is 0 Å². The average Bonchev–Trinajstić information content (AvgIpc) is 3.23. The van der Waals surface area contributed by atoms with E-state index in [0.29, 0.717) is 19.2 Å². The molecule has 1 atom stereocenters. The smallest absolute Gasteiger partial charge is 0.324 e. The van der Waals surface area contributed by atoms with E-state index in [1.807, 2.05) is 11.9 Å². The van der Waals surface area contributed by atoms with Crippen LogP contribution in [0, 0.1) is 5.82 Å². The maximum absolute atomic E-state index is 12.9. The summed E-state index contributed by atoms with van der Waals surface area (Å²) in [5.74, 6) is -0.492. The molecule has 0 aliphatic heterocycles. The molecule has 4 nitrogen and oxygen atoms in total. The van der Waals surface area contributed by atoms with Gasteiger partial charge < -0.3 is 15.0 Å². The van der Waals surface area contributed by atoms with Crippen molar-refractivity contribution in [2.24, 2.45) is 0 Å². The Labute approximate surface area is 118 Å². The predicted octanol–water partition coefficient (Wildman–Crippen LogP) is 1.95. The van der Waals surface area contributed by atoms with Crippen LogP contribution in [0.2, 0.25) is 0 Å². The molecule has 1 aliphatic rings. The first-order chi connectivity index (χ1) is 9.60. The summed E-state index contributed by atoms with van der Waals surface area (Å²) in [7, 11) is 1.88. The lowest BCUT2D eigenvalue weighted by atomic mass is 10.2. The topological polar surface area (TPSA) is 41.6 Å². The van der Waals surface area contributed by atoms with E-state index in [9.17, 15) is 9.18 Å². The van der Waals surface area contributed by atoms with Crippen LogP contribution in [-0.2, 0) is 9.53 Å². The Bertz CT molecular complexity index is 446. The lowest BCUT2D eigenvalue weighted by Crippen LogP contribution is -2.47. The molecule has 5 heteroatoms. The molecule has 0 amide bonds. The summed E-state index contributed by atoms with van der Waals surface area (Å²) >= 11 is 0. The quantitative estimate of drug-likeness (QED) is 0.775. The highest BCUT2D eigenvalue weighted by Gasteiger charge is 2.30. The van der Waals surface area contributed by atoms with Crippen LogP contribution in [0.3, 0.4) is 0 Å². The Hall–Kier alpha value is -1.62. The lowest BCUT2D eigenvalue weighted by molar-refractivity contribution is -0.145. The van der Waals surface area contributed by atoms with Crippen molar-refractivity contribution < 1.29 is 13.9 Å². The van der Waals surface area contributed by atoms with Gasteiger partial charge in [0.15, 0.2) is 0 Å². The Balaban J connectivity index is 1.98. The van der Waals surface area contributed by atoms with Gasteiger partial charge in [-0.2, -0.15) is 0 Å². The third-order valence-corrected chi connectivity index (χ3v) is 3.31. The van der Waals surface area contributed by atoms with Crippen LogP contribution < -0.4 is 10.2 Å². The standard InChI is InChI=1S/C15H21FN2O2/c1-3-20-15(19)14(17-12-6-7-12)10-18(2)13-8-4-11(16)5-9-13/h4-5,8-9,12,14,17H,3,6-7,10H2,1-2H3. The van der Waals surface area contributed by atoms with Gasteiger partial charge in [0.05, 0.1) is 6.61 Å². The second-order valence-electron chi connectivity index (χ2n) is 5.10. The van der Waals surface area contributed by atoms with E-state index in [0.717, 1.165) is 18.5 Å². The summed E-state index contributed by atoms with van der Waals surface area (Å²) in [6.07, 6.45) is 2.21. The van der Waals surface area contributed by atoms with Gasteiger partial charge in [0.1, 0.15) is 11.9 Å². The minimum absolute atomic E-state index is 0.228. The van der Waals surface area contributed by atoms with Crippen LogP contribution in [0.5, 0.6) is 0 Å². The van der Waals surface area contributed by atoms with Crippen LogP contribution in [0.15, 0.2) is 24.3 Å². The minimum atomic E-state index is -0.350. The van der Waals surface area contributed by atoms with E-state index >= 15 is 0 Å². The third kappa shape index (κ3) is 4.20. The number of ether oxygens (including phenoxy) is 1. The fourth-order valence-corrected chi connectivity index (χ4v) is 2.05. The average molecular weight is 280 g/mol. The van der Waals surface area contributed by atoms with E-state index in [1.54, 1.807) is 19.1 Å². The molecule has 1 saturated carbocycles. The first kappa shape index (κ1) is 14.8. The Morgan fingerprint density at radius 1 is 1.45 bits per heavy atom. The summed E-state index contributed by atoms with van der Waals surface area (Å²) in [5, 5.41) is 3.30. The molecule has 0 spiro atoms. The van der Waals surface area contributed by atoms with Crippen LogP contribution in [-0.4, -0.2) is 38.3 Å². The van der Waals surface area contributed by atoms with Crippen molar-refractivity contribution in [3.63, 3.8) is 0 Å². The molecule has 20 heavy (non-hydrogen) atoms. The zero-order valence-electron chi connectivity index (χ0n) is 11.9. The monoisotopic (exact) mass is 280 g/mol. The normalized spacial score (nSPS) is 15.8. The van der Waals surface area contributed by atoms with Gasteiger partial charge in [-0.25, -0.2) is 4.39 Å². The van der Waals surface area contributed by atoms with Crippen molar-refractivity contribution in [2.45, 2.75) is 31.8 Å². The maximum atomic E-state index is 12.9. The van der Waals surface area contributed by atoms with E-state index in [-0.39, 0.29) is 17.8 Å². The van der Waals surface area contributed by atoms with Crippen molar-refractivity contribution in [3.8, 4) is 0 Å². The Morgan fingerprint density at radius 2 is 2.10 bits per heavy atom. The first-order valence-electron chi connectivity index (χ1n) is 6.99. The highest BCUT2D eigenvalue weighted by atomic mass is 19.1. The molecular weight excluding hydrogens is 259 g/mol. The largest absolute Gasteiger partial charge is 0.465 e. The lowest BCUT2D eigenvalue weighted by Gasteiger charge is -2.25. The van der Waals surface area contributed by atoms with Gasteiger partial charge in [-0.05, 0) is 44.0 Å². The van der Waals surface area contributed by atoms with Gasteiger partial charge in [0, 0.05) is 25.3 Å². The van der Waals surface area contributed by atoms with Crippen molar-refractivity contribution in [1.82, 2.24) is 5.32 Å². The molecule has 0 aromatic heterocycles. The third-order valence-electron chi connectivity index (χ3n) is 3.31. The molecule has 0 bridgehead atoms. The van der Waals surface area contributed by atoms with Gasteiger partial charge in [0.2, 0.25) is 0 Å². The van der Waals surface area contributed by atoms with Gasteiger partial charge in [-0.3, -0.25) is 4.79 Å². The second kappa shape index (κ2) is 6.70. The highest BCUT2D eigenvalue weighted by Crippen LogP contribution is 2.20. The summed E-state index contributed by atoms with van der Waals surface area (Å²) in [5.41, 5.74) is 0.873.